The molecule has 25 heavy (non-hydrogen) atoms. The minimum Gasteiger partial charge on any atom is -0.352 e. The van der Waals surface area contributed by atoms with Crippen molar-refractivity contribution in [2.75, 3.05) is 18.0 Å². The van der Waals surface area contributed by atoms with Gasteiger partial charge in [-0.15, -0.1) is 0 Å². The molecule has 1 aliphatic heterocycles. The van der Waals surface area contributed by atoms with E-state index >= 15 is 0 Å². The summed E-state index contributed by atoms with van der Waals surface area (Å²) in [4.78, 5) is 26.3. The van der Waals surface area contributed by atoms with Gasteiger partial charge in [0.15, 0.2) is 0 Å². The first-order valence-electron chi connectivity index (χ1n) is 8.35. The first-order valence-corrected chi connectivity index (χ1v) is 8.73. The number of carbonyl (C=O) groups is 2. The fraction of sp³-hybridized carbons (Fsp3) is 0.300. The van der Waals surface area contributed by atoms with Gasteiger partial charge in [0.1, 0.15) is 0 Å². The Kier molecular flexibility index (Phi) is 5.09. The highest BCUT2D eigenvalue weighted by Crippen LogP contribution is 2.26. The molecule has 0 aromatic heterocycles. The maximum Gasteiger partial charge on any atom is 0.251 e. The average Bonchev–Trinajstić information content (AvgIpc) is 2.96. The topological polar surface area (TPSA) is 49.4 Å². The number of anilines is 1. The lowest BCUT2D eigenvalue weighted by Crippen LogP contribution is -2.31. The molecule has 2 aromatic carbocycles. The van der Waals surface area contributed by atoms with Crippen molar-refractivity contribution in [1.82, 2.24) is 5.32 Å². The van der Waals surface area contributed by atoms with Gasteiger partial charge in [0, 0.05) is 41.7 Å². The molecule has 5 heteroatoms. The zero-order chi connectivity index (χ0) is 18.0. The van der Waals surface area contributed by atoms with Crippen LogP contribution in [0.5, 0.6) is 0 Å². The monoisotopic (exact) mass is 356 g/mol. The zero-order valence-corrected chi connectivity index (χ0v) is 15.1. The molecule has 3 rings (SSSR count). The Hall–Kier alpha value is -2.33. The highest BCUT2D eigenvalue weighted by Gasteiger charge is 2.30. The van der Waals surface area contributed by atoms with Crippen LogP contribution in [-0.2, 0) is 4.79 Å². The second-order valence-corrected chi connectivity index (χ2v) is 7.00. The predicted octanol–water partition coefficient (Wildman–Crippen LogP) is 3.74. The van der Waals surface area contributed by atoms with Crippen LogP contribution in [-0.4, -0.2) is 24.9 Å². The summed E-state index contributed by atoms with van der Waals surface area (Å²) in [5.74, 6) is 0.0897. The Labute approximate surface area is 152 Å². The minimum absolute atomic E-state index is 0.0766. The van der Waals surface area contributed by atoms with E-state index in [9.17, 15) is 9.59 Å². The maximum atomic E-state index is 12.3. The molecule has 1 heterocycles. The Morgan fingerprint density at radius 1 is 1.16 bits per heavy atom. The van der Waals surface area contributed by atoms with Crippen LogP contribution in [0.4, 0.5) is 5.69 Å². The Balaban J connectivity index is 1.59. The Morgan fingerprint density at radius 2 is 1.88 bits per heavy atom. The van der Waals surface area contributed by atoms with Crippen LogP contribution in [0.25, 0.3) is 0 Å². The van der Waals surface area contributed by atoms with Crippen LogP contribution < -0.4 is 10.2 Å². The lowest BCUT2D eigenvalue weighted by atomic mass is 10.1. The number of carbonyl (C=O) groups excluding carboxylic acids is 2. The molecular formula is C20H21ClN2O2. The van der Waals surface area contributed by atoms with Crippen LogP contribution in [0.3, 0.4) is 0 Å². The highest BCUT2D eigenvalue weighted by atomic mass is 35.5. The van der Waals surface area contributed by atoms with Gasteiger partial charge in [0.2, 0.25) is 5.91 Å². The van der Waals surface area contributed by atoms with Crippen LogP contribution >= 0.6 is 11.6 Å². The normalized spacial score (nSPS) is 17.0. The van der Waals surface area contributed by atoms with Crippen molar-refractivity contribution in [3.05, 3.63) is 64.2 Å². The second kappa shape index (κ2) is 7.28. The van der Waals surface area contributed by atoms with Gasteiger partial charge in [-0.3, -0.25) is 9.59 Å². The van der Waals surface area contributed by atoms with Gasteiger partial charge in [-0.1, -0.05) is 17.7 Å². The van der Waals surface area contributed by atoms with E-state index in [4.69, 9.17) is 11.6 Å². The van der Waals surface area contributed by atoms with Gasteiger partial charge in [0.05, 0.1) is 0 Å². The number of hydrogen-bond donors (Lipinski definition) is 1. The quantitative estimate of drug-likeness (QED) is 0.907. The van der Waals surface area contributed by atoms with E-state index in [0.29, 0.717) is 30.1 Å². The molecule has 130 valence electrons. The zero-order valence-electron chi connectivity index (χ0n) is 14.4. The fourth-order valence-electron chi connectivity index (χ4n) is 3.01. The molecule has 1 fully saturated rings. The number of hydrogen-bond acceptors (Lipinski definition) is 2. The molecule has 0 aliphatic carbocycles. The van der Waals surface area contributed by atoms with E-state index in [-0.39, 0.29) is 17.7 Å². The van der Waals surface area contributed by atoms with Crippen LogP contribution in [0.1, 0.15) is 27.9 Å². The summed E-state index contributed by atoms with van der Waals surface area (Å²) in [6.07, 6.45) is 0.440. The smallest absolute Gasteiger partial charge is 0.251 e. The number of aryl methyl sites for hydroxylation is 2. The summed E-state index contributed by atoms with van der Waals surface area (Å²) in [7, 11) is 0. The molecule has 0 bridgehead atoms. The number of benzene rings is 2. The van der Waals surface area contributed by atoms with Gasteiger partial charge < -0.3 is 10.2 Å². The number of halogens is 1. The van der Waals surface area contributed by atoms with Gasteiger partial charge in [-0.05, 0) is 61.4 Å². The number of nitrogens with one attached hydrogen (secondary N) is 1. The van der Waals surface area contributed by atoms with Crippen molar-refractivity contribution in [2.24, 2.45) is 5.92 Å². The largest absolute Gasteiger partial charge is 0.352 e. The van der Waals surface area contributed by atoms with Crippen LogP contribution in [0, 0.1) is 19.8 Å². The van der Waals surface area contributed by atoms with Crippen molar-refractivity contribution in [3.8, 4) is 0 Å². The van der Waals surface area contributed by atoms with Crippen LogP contribution in [0.15, 0.2) is 42.5 Å². The first kappa shape index (κ1) is 17.5. The molecule has 1 atom stereocenters. The van der Waals surface area contributed by atoms with E-state index in [1.54, 1.807) is 17.0 Å². The number of rotatable bonds is 4. The molecule has 1 saturated heterocycles. The van der Waals surface area contributed by atoms with E-state index in [1.807, 2.05) is 44.2 Å². The van der Waals surface area contributed by atoms with Crippen molar-refractivity contribution < 1.29 is 9.59 Å². The molecule has 0 saturated carbocycles. The van der Waals surface area contributed by atoms with E-state index in [2.05, 4.69) is 5.32 Å². The van der Waals surface area contributed by atoms with Crippen molar-refractivity contribution in [2.45, 2.75) is 20.3 Å². The van der Waals surface area contributed by atoms with Gasteiger partial charge in [-0.25, -0.2) is 0 Å². The summed E-state index contributed by atoms with van der Waals surface area (Å²) in [5, 5.41) is 3.60. The third kappa shape index (κ3) is 4.02. The molecule has 2 aromatic rings. The summed E-state index contributed by atoms with van der Waals surface area (Å²) in [5.41, 5.74) is 3.76. The highest BCUT2D eigenvalue weighted by molar-refractivity contribution is 6.30. The second-order valence-electron chi connectivity index (χ2n) is 6.56. The summed E-state index contributed by atoms with van der Waals surface area (Å²) in [6, 6.07) is 12.9. The molecular weight excluding hydrogens is 336 g/mol. The van der Waals surface area contributed by atoms with Crippen molar-refractivity contribution in [3.63, 3.8) is 0 Å². The van der Waals surface area contributed by atoms with Gasteiger partial charge in [-0.2, -0.15) is 0 Å². The number of amides is 2. The van der Waals surface area contributed by atoms with E-state index in [1.165, 1.54) is 0 Å². The van der Waals surface area contributed by atoms with Gasteiger partial charge >= 0.3 is 0 Å². The Bertz CT molecular complexity index is 802. The maximum absolute atomic E-state index is 12.3. The van der Waals surface area contributed by atoms with Crippen molar-refractivity contribution in [1.29, 1.82) is 0 Å². The third-order valence-corrected chi connectivity index (χ3v) is 4.92. The molecule has 0 spiro atoms. The molecule has 4 nitrogen and oxygen atoms in total. The molecule has 1 unspecified atom stereocenters. The first-order chi connectivity index (χ1) is 11.9. The number of nitrogens with zero attached hydrogens (tertiary/aromatic N) is 1. The van der Waals surface area contributed by atoms with Gasteiger partial charge in [0.25, 0.3) is 5.91 Å². The lowest BCUT2D eigenvalue weighted by Gasteiger charge is -2.17. The van der Waals surface area contributed by atoms with Crippen LogP contribution in [0.2, 0.25) is 5.02 Å². The summed E-state index contributed by atoms with van der Waals surface area (Å²) in [6.45, 7) is 5.10. The standard InChI is InChI=1S/C20H21ClN2O2/c1-13-3-4-16(9-14(13)2)20(25)22-11-15-10-19(24)23(12-15)18-7-5-17(21)6-8-18/h3-9,15H,10-12H2,1-2H3,(H,22,25). The molecule has 1 N–H and O–H groups in total. The van der Waals surface area contributed by atoms with Crippen molar-refractivity contribution >= 4 is 29.1 Å². The predicted molar refractivity (Wildman–Crippen MR) is 100 cm³/mol. The SMILES string of the molecule is Cc1ccc(C(=O)NCC2CC(=O)N(c3ccc(Cl)cc3)C2)cc1C. The Morgan fingerprint density at radius 3 is 2.56 bits per heavy atom. The fourth-order valence-corrected chi connectivity index (χ4v) is 3.14. The summed E-state index contributed by atoms with van der Waals surface area (Å²) < 4.78 is 0. The van der Waals surface area contributed by atoms with E-state index in [0.717, 1.165) is 16.8 Å². The molecule has 0 radical (unpaired) electrons. The lowest BCUT2D eigenvalue weighted by molar-refractivity contribution is -0.117. The van der Waals surface area contributed by atoms with E-state index < -0.39 is 0 Å². The average molecular weight is 357 g/mol. The molecule has 1 aliphatic rings. The molecule has 2 amide bonds. The third-order valence-electron chi connectivity index (χ3n) is 4.66. The minimum atomic E-state index is -0.0968. The summed E-state index contributed by atoms with van der Waals surface area (Å²) >= 11 is 5.90.